The largest absolute Gasteiger partial charge is 0.466 e. The monoisotopic (exact) mass is 256 g/mol. The molecule has 0 aliphatic heterocycles. The van der Waals surface area contributed by atoms with Crippen LogP contribution in [0.15, 0.2) is 17.4 Å². The van der Waals surface area contributed by atoms with Crippen molar-refractivity contribution < 1.29 is 14.6 Å². The van der Waals surface area contributed by atoms with Crippen molar-refractivity contribution in [1.29, 1.82) is 0 Å². The lowest BCUT2D eigenvalue weighted by Gasteiger charge is -2.10. The molecular weight excluding hydrogens is 240 g/mol. The lowest BCUT2D eigenvalue weighted by Crippen LogP contribution is -2.12. The van der Waals surface area contributed by atoms with Gasteiger partial charge in [-0.15, -0.1) is 0 Å². The SMILES string of the molecule is CCCOC(=O)CC(O)c1ccnc(SC)n1. The molecular formula is C11H16N2O3S. The first-order valence-corrected chi connectivity index (χ1v) is 6.60. The van der Waals surface area contributed by atoms with Crippen molar-refractivity contribution >= 4 is 17.7 Å². The van der Waals surface area contributed by atoms with Gasteiger partial charge < -0.3 is 9.84 Å². The van der Waals surface area contributed by atoms with Crippen molar-refractivity contribution in [2.75, 3.05) is 12.9 Å². The number of hydrogen-bond acceptors (Lipinski definition) is 6. The van der Waals surface area contributed by atoms with E-state index in [1.54, 1.807) is 12.3 Å². The van der Waals surface area contributed by atoms with E-state index in [2.05, 4.69) is 9.97 Å². The molecule has 1 heterocycles. The highest BCUT2D eigenvalue weighted by molar-refractivity contribution is 7.98. The Bertz CT molecular complexity index is 373. The maximum atomic E-state index is 11.3. The molecule has 0 radical (unpaired) electrons. The van der Waals surface area contributed by atoms with E-state index in [-0.39, 0.29) is 6.42 Å². The summed E-state index contributed by atoms with van der Waals surface area (Å²) in [5, 5.41) is 10.4. The van der Waals surface area contributed by atoms with Gasteiger partial charge in [0.2, 0.25) is 0 Å². The molecule has 5 nitrogen and oxygen atoms in total. The van der Waals surface area contributed by atoms with E-state index in [9.17, 15) is 9.90 Å². The second-order valence-electron chi connectivity index (χ2n) is 3.41. The zero-order valence-electron chi connectivity index (χ0n) is 9.92. The van der Waals surface area contributed by atoms with Gasteiger partial charge in [-0.05, 0) is 18.7 Å². The van der Waals surface area contributed by atoms with Gasteiger partial charge in [0.15, 0.2) is 5.16 Å². The molecule has 0 saturated carbocycles. The molecule has 6 heteroatoms. The molecule has 0 aromatic carbocycles. The highest BCUT2D eigenvalue weighted by Gasteiger charge is 2.15. The summed E-state index contributed by atoms with van der Waals surface area (Å²) in [6, 6.07) is 1.59. The molecule has 0 amide bonds. The van der Waals surface area contributed by atoms with Crippen LogP contribution in [0, 0.1) is 0 Å². The number of aliphatic hydroxyl groups is 1. The lowest BCUT2D eigenvalue weighted by atomic mass is 10.2. The summed E-state index contributed by atoms with van der Waals surface area (Å²) in [5.41, 5.74) is 0.442. The Morgan fingerprint density at radius 2 is 2.41 bits per heavy atom. The van der Waals surface area contributed by atoms with Crippen molar-refractivity contribution in [3.63, 3.8) is 0 Å². The van der Waals surface area contributed by atoms with Crippen LogP contribution < -0.4 is 0 Å². The van der Waals surface area contributed by atoms with Gasteiger partial charge in [0.25, 0.3) is 0 Å². The average molecular weight is 256 g/mol. The summed E-state index contributed by atoms with van der Waals surface area (Å²) in [7, 11) is 0. The number of carbonyl (C=O) groups excluding carboxylic acids is 1. The molecule has 0 aliphatic rings. The highest BCUT2D eigenvalue weighted by Crippen LogP contribution is 2.17. The van der Waals surface area contributed by atoms with Gasteiger partial charge in [0, 0.05) is 6.20 Å². The fourth-order valence-corrected chi connectivity index (χ4v) is 1.54. The minimum absolute atomic E-state index is 0.0785. The molecule has 0 saturated heterocycles. The second-order valence-corrected chi connectivity index (χ2v) is 4.18. The number of rotatable bonds is 6. The van der Waals surface area contributed by atoms with Crippen molar-refractivity contribution in [2.45, 2.75) is 31.0 Å². The van der Waals surface area contributed by atoms with Crippen LogP contribution in [-0.2, 0) is 9.53 Å². The Morgan fingerprint density at radius 3 is 3.06 bits per heavy atom. The van der Waals surface area contributed by atoms with Crippen molar-refractivity contribution in [1.82, 2.24) is 9.97 Å². The molecule has 0 bridgehead atoms. The molecule has 1 aromatic heterocycles. The number of hydrogen-bond donors (Lipinski definition) is 1. The van der Waals surface area contributed by atoms with Crippen LogP contribution in [-0.4, -0.2) is 33.9 Å². The van der Waals surface area contributed by atoms with E-state index in [4.69, 9.17) is 4.74 Å². The zero-order valence-corrected chi connectivity index (χ0v) is 10.7. The Morgan fingerprint density at radius 1 is 1.65 bits per heavy atom. The van der Waals surface area contributed by atoms with E-state index in [1.807, 2.05) is 13.2 Å². The fraction of sp³-hybridized carbons (Fsp3) is 0.545. The summed E-state index contributed by atoms with van der Waals surface area (Å²) in [4.78, 5) is 19.4. The molecule has 1 rings (SSSR count). The zero-order chi connectivity index (χ0) is 12.7. The predicted molar refractivity (Wildman–Crippen MR) is 64.6 cm³/mol. The van der Waals surface area contributed by atoms with Crippen LogP contribution in [0.3, 0.4) is 0 Å². The predicted octanol–water partition coefficient (Wildman–Crippen LogP) is 1.58. The van der Waals surface area contributed by atoms with E-state index in [1.165, 1.54) is 11.8 Å². The minimum Gasteiger partial charge on any atom is -0.466 e. The van der Waals surface area contributed by atoms with E-state index in [0.29, 0.717) is 17.5 Å². The van der Waals surface area contributed by atoms with Crippen LogP contribution in [0.4, 0.5) is 0 Å². The van der Waals surface area contributed by atoms with Crippen molar-refractivity contribution in [2.24, 2.45) is 0 Å². The van der Waals surface area contributed by atoms with Crippen molar-refractivity contribution in [3.8, 4) is 0 Å². The van der Waals surface area contributed by atoms with E-state index < -0.39 is 12.1 Å². The lowest BCUT2D eigenvalue weighted by molar-refractivity contribution is -0.146. The summed E-state index contributed by atoms with van der Waals surface area (Å²) in [6.45, 7) is 2.30. The van der Waals surface area contributed by atoms with Gasteiger partial charge in [-0.25, -0.2) is 9.97 Å². The topological polar surface area (TPSA) is 72.3 Å². The number of ether oxygens (including phenoxy) is 1. The smallest absolute Gasteiger partial charge is 0.308 e. The number of nitrogens with zero attached hydrogens (tertiary/aromatic N) is 2. The Labute approximate surface area is 105 Å². The molecule has 0 spiro atoms. The molecule has 1 aromatic rings. The molecule has 1 atom stereocenters. The summed E-state index contributed by atoms with van der Waals surface area (Å²) in [6.07, 6.45) is 3.17. The third-order valence-corrected chi connectivity index (χ3v) is 2.57. The molecule has 17 heavy (non-hydrogen) atoms. The first kappa shape index (κ1) is 13.9. The average Bonchev–Trinajstić information content (AvgIpc) is 2.36. The maximum Gasteiger partial charge on any atom is 0.308 e. The first-order valence-electron chi connectivity index (χ1n) is 5.38. The summed E-state index contributed by atoms with van der Waals surface area (Å²) in [5.74, 6) is -0.413. The minimum atomic E-state index is -0.937. The Balaban J connectivity index is 2.56. The Kier molecular flexibility index (Phi) is 5.93. The molecule has 94 valence electrons. The van der Waals surface area contributed by atoms with Crippen LogP contribution in [0.1, 0.15) is 31.6 Å². The third kappa shape index (κ3) is 4.70. The number of carbonyl (C=O) groups is 1. The van der Waals surface area contributed by atoms with Crippen molar-refractivity contribution in [3.05, 3.63) is 18.0 Å². The van der Waals surface area contributed by atoms with Gasteiger partial charge >= 0.3 is 5.97 Å². The van der Waals surface area contributed by atoms with Gasteiger partial charge in [-0.3, -0.25) is 4.79 Å². The molecule has 1 unspecified atom stereocenters. The normalized spacial score (nSPS) is 12.2. The van der Waals surface area contributed by atoms with Gasteiger partial charge in [-0.1, -0.05) is 18.7 Å². The van der Waals surface area contributed by atoms with Gasteiger partial charge in [0.05, 0.1) is 18.7 Å². The summed E-state index contributed by atoms with van der Waals surface area (Å²) >= 11 is 1.38. The fourth-order valence-electron chi connectivity index (χ4n) is 1.18. The number of aromatic nitrogens is 2. The second kappa shape index (κ2) is 7.24. The maximum absolute atomic E-state index is 11.3. The van der Waals surface area contributed by atoms with Crippen LogP contribution in [0.2, 0.25) is 0 Å². The third-order valence-electron chi connectivity index (χ3n) is 2.01. The number of esters is 1. The van der Waals surface area contributed by atoms with Gasteiger partial charge in [-0.2, -0.15) is 0 Å². The number of aliphatic hydroxyl groups excluding tert-OH is 1. The van der Waals surface area contributed by atoms with Crippen LogP contribution >= 0.6 is 11.8 Å². The highest BCUT2D eigenvalue weighted by atomic mass is 32.2. The summed E-state index contributed by atoms with van der Waals surface area (Å²) < 4.78 is 4.89. The molecule has 0 fully saturated rings. The number of thioether (sulfide) groups is 1. The van der Waals surface area contributed by atoms with Crippen LogP contribution in [0.5, 0.6) is 0 Å². The van der Waals surface area contributed by atoms with E-state index in [0.717, 1.165) is 6.42 Å². The Hall–Kier alpha value is -1.14. The van der Waals surface area contributed by atoms with E-state index >= 15 is 0 Å². The van der Waals surface area contributed by atoms with Crippen LogP contribution in [0.25, 0.3) is 0 Å². The van der Waals surface area contributed by atoms with Gasteiger partial charge in [0.1, 0.15) is 6.10 Å². The quantitative estimate of drug-likeness (QED) is 0.473. The first-order chi connectivity index (χ1) is 8.17. The molecule has 1 N–H and O–H groups in total. The standard InChI is InChI=1S/C11H16N2O3S/c1-3-6-16-10(15)7-9(14)8-4-5-12-11(13-8)17-2/h4-5,9,14H,3,6-7H2,1-2H3. The molecule has 0 aliphatic carbocycles.